The molecule has 0 atom stereocenters. The van der Waals surface area contributed by atoms with Gasteiger partial charge in [-0.1, -0.05) is 11.3 Å². The van der Waals surface area contributed by atoms with Crippen LogP contribution in [-0.4, -0.2) is 62.1 Å². The highest BCUT2D eigenvalue weighted by Crippen LogP contribution is 2.32. The molecule has 13 heteroatoms. The van der Waals surface area contributed by atoms with Crippen molar-refractivity contribution in [2.45, 2.75) is 17.7 Å². The van der Waals surface area contributed by atoms with Crippen LogP contribution in [-0.2, 0) is 14.6 Å². The maximum absolute atomic E-state index is 13.1. The van der Waals surface area contributed by atoms with Gasteiger partial charge in [-0.2, -0.15) is 0 Å². The third-order valence-electron chi connectivity index (χ3n) is 4.85. The van der Waals surface area contributed by atoms with Crippen LogP contribution in [0.2, 0.25) is 0 Å². The number of benzene rings is 2. The van der Waals surface area contributed by atoms with Crippen molar-refractivity contribution in [2.75, 3.05) is 37.8 Å². The van der Waals surface area contributed by atoms with Crippen LogP contribution in [0.5, 0.6) is 0 Å². The number of nitro benzene ring substituents is 1. The lowest BCUT2D eigenvalue weighted by Gasteiger charge is -2.22. The quantitative estimate of drug-likeness (QED) is 0.222. The molecule has 184 valence electrons. The molecule has 0 N–H and O–H groups in total. The van der Waals surface area contributed by atoms with E-state index in [1.807, 2.05) is 19.0 Å². The fourth-order valence-corrected chi connectivity index (χ4v) is 5.42. The Bertz CT molecular complexity index is 1270. The number of amides is 1. The van der Waals surface area contributed by atoms with Gasteiger partial charge in [0.05, 0.1) is 25.8 Å². The first-order valence-electron chi connectivity index (χ1n) is 10.1. The average molecular weight is 531 g/mol. The van der Waals surface area contributed by atoms with Gasteiger partial charge < -0.3 is 4.90 Å². The molecule has 0 aliphatic heterocycles. The molecule has 0 unspecified atom stereocenters. The van der Waals surface area contributed by atoms with Gasteiger partial charge in [-0.25, -0.2) is 17.8 Å². The van der Waals surface area contributed by atoms with E-state index in [0.717, 1.165) is 12.1 Å². The average Bonchev–Trinajstić information content (AvgIpc) is 3.16. The highest BCUT2D eigenvalue weighted by Gasteiger charge is 2.22. The van der Waals surface area contributed by atoms with Gasteiger partial charge in [-0.3, -0.25) is 19.8 Å². The van der Waals surface area contributed by atoms with Gasteiger partial charge in [0.2, 0.25) is 5.91 Å². The molecular formula is C21H24ClFN4O5S2. The zero-order valence-electron chi connectivity index (χ0n) is 18.5. The third-order valence-corrected chi connectivity index (χ3v) is 7.71. The number of rotatable bonds is 10. The van der Waals surface area contributed by atoms with E-state index in [1.165, 1.54) is 46.6 Å². The molecule has 0 fully saturated rings. The molecule has 0 bridgehead atoms. The Morgan fingerprint density at radius 3 is 2.44 bits per heavy atom. The highest BCUT2D eigenvalue weighted by molar-refractivity contribution is 7.91. The van der Waals surface area contributed by atoms with Gasteiger partial charge >= 0.3 is 0 Å². The predicted molar refractivity (Wildman–Crippen MR) is 132 cm³/mol. The van der Waals surface area contributed by atoms with Crippen molar-refractivity contribution in [1.29, 1.82) is 0 Å². The standard InChI is InChI=1S/C21H23FN4O5S2.ClH/c1-24(2)11-12-25(21-23-18-10-7-16(26(28)29)14-19(18)32-21)20(27)4-3-13-33(30,31)17-8-5-15(22)6-9-17;/h5-10,14H,3-4,11-13H2,1-2H3;1H. The molecule has 0 aliphatic rings. The van der Waals surface area contributed by atoms with Crippen LogP contribution in [0.3, 0.4) is 0 Å². The highest BCUT2D eigenvalue weighted by atomic mass is 35.5. The second-order valence-corrected chi connectivity index (χ2v) is 10.7. The first-order valence-corrected chi connectivity index (χ1v) is 12.5. The smallest absolute Gasteiger partial charge is 0.270 e. The van der Waals surface area contributed by atoms with Crippen molar-refractivity contribution in [2.24, 2.45) is 0 Å². The number of anilines is 1. The SMILES string of the molecule is CN(C)CCN(C(=O)CCCS(=O)(=O)c1ccc(F)cc1)c1nc2ccc([N+](=O)[O-])cc2s1.Cl. The van der Waals surface area contributed by atoms with Crippen molar-refractivity contribution in [3.05, 3.63) is 58.4 Å². The topological polar surface area (TPSA) is 114 Å². The summed E-state index contributed by atoms with van der Waals surface area (Å²) in [5.74, 6) is -1.07. The number of aromatic nitrogens is 1. The normalized spacial score (nSPS) is 11.4. The largest absolute Gasteiger partial charge is 0.308 e. The molecular weight excluding hydrogens is 507 g/mol. The Kier molecular flexibility index (Phi) is 9.45. The van der Waals surface area contributed by atoms with E-state index in [1.54, 1.807) is 0 Å². The van der Waals surface area contributed by atoms with Gasteiger partial charge in [0.15, 0.2) is 15.0 Å². The molecule has 0 aliphatic carbocycles. The number of thiazole rings is 1. The van der Waals surface area contributed by atoms with Gasteiger partial charge in [0.1, 0.15) is 5.82 Å². The lowest BCUT2D eigenvalue weighted by molar-refractivity contribution is -0.384. The zero-order chi connectivity index (χ0) is 24.2. The van der Waals surface area contributed by atoms with Crippen molar-refractivity contribution in [3.63, 3.8) is 0 Å². The van der Waals surface area contributed by atoms with E-state index in [0.29, 0.717) is 28.4 Å². The lowest BCUT2D eigenvalue weighted by Crippen LogP contribution is -2.36. The predicted octanol–water partition coefficient (Wildman–Crippen LogP) is 3.91. The molecule has 0 saturated carbocycles. The molecule has 3 rings (SSSR count). The van der Waals surface area contributed by atoms with Crippen molar-refractivity contribution in [1.82, 2.24) is 9.88 Å². The Balaban J connectivity index is 0.00000408. The van der Waals surface area contributed by atoms with Gasteiger partial charge in [0.25, 0.3) is 5.69 Å². The fourth-order valence-electron chi connectivity index (χ4n) is 3.07. The van der Waals surface area contributed by atoms with E-state index in [-0.39, 0.29) is 47.5 Å². The number of nitro groups is 1. The molecule has 0 spiro atoms. The van der Waals surface area contributed by atoms with Gasteiger partial charge in [-0.05, 0) is 50.8 Å². The molecule has 1 heterocycles. The summed E-state index contributed by atoms with van der Waals surface area (Å²) >= 11 is 1.17. The van der Waals surface area contributed by atoms with Crippen molar-refractivity contribution >= 4 is 60.5 Å². The maximum atomic E-state index is 13.1. The third kappa shape index (κ3) is 6.92. The van der Waals surface area contributed by atoms with Crippen LogP contribution in [0, 0.1) is 15.9 Å². The van der Waals surface area contributed by atoms with Crippen molar-refractivity contribution in [3.8, 4) is 0 Å². The molecule has 0 saturated heterocycles. The number of sulfone groups is 1. The molecule has 1 amide bonds. The second kappa shape index (κ2) is 11.6. The lowest BCUT2D eigenvalue weighted by atomic mass is 10.3. The van der Waals surface area contributed by atoms with E-state index in [9.17, 15) is 27.7 Å². The van der Waals surface area contributed by atoms with Crippen LogP contribution < -0.4 is 4.90 Å². The van der Waals surface area contributed by atoms with E-state index >= 15 is 0 Å². The van der Waals surface area contributed by atoms with Crippen LogP contribution in [0.15, 0.2) is 47.4 Å². The van der Waals surface area contributed by atoms with E-state index in [4.69, 9.17) is 0 Å². The molecule has 2 aromatic carbocycles. The first-order chi connectivity index (χ1) is 15.6. The van der Waals surface area contributed by atoms with Gasteiger partial charge in [-0.15, -0.1) is 12.4 Å². The second-order valence-electron chi connectivity index (χ2n) is 7.63. The first kappa shape index (κ1) is 27.6. The van der Waals surface area contributed by atoms with Crippen LogP contribution in [0.25, 0.3) is 10.2 Å². The van der Waals surface area contributed by atoms with Crippen molar-refractivity contribution < 1.29 is 22.5 Å². The van der Waals surface area contributed by atoms with Crippen LogP contribution in [0.4, 0.5) is 15.2 Å². The van der Waals surface area contributed by atoms with Crippen LogP contribution in [0.1, 0.15) is 12.8 Å². The Morgan fingerprint density at radius 2 is 1.82 bits per heavy atom. The van der Waals surface area contributed by atoms with Gasteiger partial charge in [0, 0.05) is 31.6 Å². The summed E-state index contributed by atoms with van der Waals surface area (Å²) in [7, 11) is 0.0768. The molecule has 9 nitrogen and oxygen atoms in total. The minimum absolute atomic E-state index is 0. The molecule has 0 radical (unpaired) electrons. The molecule has 3 aromatic rings. The fraction of sp³-hybridized carbons (Fsp3) is 0.333. The summed E-state index contributed by atoms with van der Waals surface area (Å²) in [6.07, 6.45) is 0.0668. The Hall–Kier alpha value is -2.67. The summed E-state index contributed by atoms with van der Waals surface area (Å²) in [4.78, 5) is 31.4. The van der Waals surface area contributed by atoms with E-state index < -0.39 is 20.6 Å². The molecule has 34 heavy (non-hydrogen) atoms. The number of likely N-dealkylation sites (N-methyl/N-ethyl adjacent to an activating group) is 1. The minimum Gasteiger partial charge on any atom is -0.308 e. The van der Waals surface area contributed by atoms with Crippen LogP contribution >= 0.6 is 23.7 Å². The number of fused-ring (bicyclic) bond motifs is 1. The molecule has 1 aromatic heterocycles. The Labute approximate surface area is 206 Å². The minimum atomic E-state index is -3.64. The number of hydrogen-bond acceptors (Lipinski definition) is 8. The maximum Gasteiger partial charge on any atom is 0.270 e. The summed E-state index contributed by atoms with van der Waals surface area (Å²) in [6, 6.07) is 8.89. The number of non-ortho nitro benzene ring substituents is 1. The summed E-state index contributed by atoms with van der Waals surface area (Å²) in [5.41, 5.74) is 0.483. The monoisotopic (exact) mass is 530 g/mol. The zero-order valence-corrected chi connectivity index (χ0v) is 21.0. The number of carbonyl (C=O) groups excluding carboxylic acids is 1. The summed E-state index contributed by atoms with van der Waals surface area (Å²) < 4.78 is 38.6. The number of carbonyl (C=O) groups is 1. The Morgan fingerprint density at radius 1 is 1.15 bits per heavy atom. The number of halogens is 2. The number of nitrogens with zero attached hydrogens (tertiary/aromatic N) is 4. The number of hydrogen-bond donors (Lipinski definition) is 0. The van der Waals surface area contributed by atoms with E-state index in [2.05, 4.69) is 4.98 Å². The summed E-state index contributed by atoms with van der Waals surface area (Å²) in [6.45, 7) is 0.883. The summed E-state index contributed by atoms with van der Waals surface area (Å²) in [5, 5.41) is 11.4.